The van der Waals surface area contributed by atoms with Crippen molar-refractivity contribution in [1.29, 1.82) is 0 Å². The summed E-state index contributed by atoms with van der Waals surface area (Å²) < 4.78 is 5.45. The Hall–Kier alpha value is -4.73. The van der Waals surface area contributed by atoms with Gasteiger partial charge in [0.1, 0.15) is 30.5 Å². The molecule has 10 heteroatoms. The van der Waals surface area contributed by atoms with E-state index in [0.29, 0.717) is 30.7 Å². The van der Waals surface area contributed by atoms with E-state index in [1.165, 1.54) is 4.90 Å². The van der Waals surface area contributed by atoms with E-state index in [1.54, 1.807) is 42.5 Å². The second kappa shape index (κ2) is 13.8. The number of aliphatic carboxylic acids is 1. The van der Waals surface area contributed by atoms with E-state index in [0.717, 1.165) is 10.8 Å². The molecule has 1 aliphatic heterocycles. The maximum atomic E-state index is 13.7. The highest BCUT2D eigenvalue weighted by Gasteiger charge is 2.40. The van der Waals surface area contributed by atoms with Crippen LogP contribution in [0.5, 0.6) is 5.75 Å². The van der Waals surface area contributed by atoms with Crippen molar-refractivity contribution < 1.29 is 33.8 Å². The number of nitrogens with one attached hydrogen (secondary N) is 2. The Balaban J connectivity index is 1.43. The number of hydrogen-bond donors (Lipinski definition) is 3. The monoisotopic (exact) mass is 573 g/mol. The van der Waals surface area contributed by atoms with Crippen LogP contribution in [0.3, 0.4) is 0 Å². The number of hydrogen-bond acceptors (Lipinski definition) is 6. The number of para-hydroxylation sites is 1. The van der Waals surface area contributed by atoms with Crippen molar-refractivity contribution in [3.63, 3.8) is 0 Å². The van der Waals surface area contributed by atoms with Gasteiger partial charge >= 0.3 is 5.97 Å². The van der Waals surface area contributed by atoms with E-state index >= 15 is 0 Å². The van der Waals surface area contributed by atoms with Crippen LogP contribution in [0, 0.1) is 5.92 Å². The van der Waals surface area contributed by atoms with Crippen molar-refractivity contribution in [3.8, 4) is 5.75 Å². The molecule has 0 aliphatic carbocycles. The summed E-state index contributed by atoms with van der Waals surface area (Å²) >= 11 is 0. The summed E-state index contributed by atoms with van der Waals surface area (Å²) in [4.78, 5) is 65.9. The molecule has 0 spiro atoms. The van der Waals surface area contributed by atoms with Crippen LogP contribution in [0.4, 0.5) is 0 Å². The van der Waals surface area contributed by atoms with E-state index in [4.69, 9.17) is 4.74 Å². The molecule has 3 N–H and O–H groups in total. The lowest BCUT2D eigenvalue weighted by Crippen LogP contribution is -2.57. The number of amides is 3. The van der Waals surface area contributed by atoms with Crippen molar-refractivity contribution in [3.05, 3.63) is 78.4 Å². The predicted molar refractivity (Wildman–Crippen MR) is 156 cm³/mol. The first-order valence-electron chi connectivity index (χ1n) is 14.0. The Morgan fingerprint density at radius 1 is 0.929 bits per heavy atom. The minimum atomic E-state index is -1.33. The van der Waals surface area contributed by atoms with Gasteiger partial charge in [-0.05, 0) is 53.8 Å². The summed E-state index contributed by atoms with van der Waals surface area (Å²) in [6.45, 7) is 3.48. The minimum Gasteiger partial charge on any atom is -0.486 e. The maximum Gasteiger partial charge on any atom is 0.305 e. The van der Waals surface area contributed by atoms with Gasteiger partial charge in [-0.2, -0.15) is 0 Å². The molecule has 0 saturated carbocycles. The Bertz CT molecular complexity index is 1460. The molecular weight excluding hydrogens is 538 g/mol. The Kier molecular flexibility index (Phi) is 9.90. The summed E-state index contributed by atoms with van der Waals surface area (Å²) in [5.41, 5.74) is 0.413. The van der Waals surface area contributed by atoms with E-state index < -0.39 is 60.6 Å². The van der Waals surface area contributed by atoms with Gasteiger partial charge in [0.15, 0.2) is 5.78 Å². The van der Waals surface area contributed by atoms with Gasteiger partial charge in [-0.3, -0.25) is 24.0 Å². The fraction of sp³-hybridized carbons (Fsp3) is 0.344. The van der Waals surface area contributed by atoms with Crippen LogP contribution in [0.15, 0.2) is 72.8 Å². The summed E-state index contributed by atoms with van der Waals surface area (Å²) in [6.07, 6.45) is 0.261. The zero-order valence-corrected chi connectivity index (χ0v) is 23.6. The van der Waals surface area contributed by atoms with Gasteiger partial charge in [-0.15, -0.1) is 0 Å². The summed E-state index contributed by atoms with van der Waals surface area (Å²) in [5, 5.41) is 16.6. The van der Waals surface area contributed by atoms with Gasteiger partial charge in [-0.25, -0.2) is 0 Å². The van der Waals surface area contributed by atoms with Crippen molar-refractivity contribution >= 4 is 40.2 Å². The van der Waals surface area contributed by atoms with E-state index in [9.17, 15) is 29.1 Å². The van der Waals surface area contributed by atoms with Crippen molar-refractivity contribution in [2.24, 2.45) is 5.92 Å². The largest absolute Gasteiger partial charge is 0.486 e. The molecule has 1 aliphatic rings. The van der Waals surface area contributed by atoms with Gasteiger partial charge < -0.3 is 25.4 Å². The molecule has 220 valence electrons. The average Bonchev–Trinajstić information content (AvgIpc) is 3.48. The molecule has 3 aromatic carbocycles. The summed E-state index contributed by atoms with van der Waals surface area (Å²) in [5.74, 6) is -3.14. The van der Waals surface area contributed by atoms with Crippen LogP contribution in [0.2, 0.25) is 0 Å². The molecule has 3 amide bonds. The highest BCUT2D eigenvalue weighted by molar-refractivity contribution is 6.01. The van der Waals surface area contributed by atoms with Crippen LogP contribution in [-0.4, -0.2) is 70.8 Å². The lowest BCUT2D eigenvalue weighted by atomic mass is 10.0. The number of carbonyl (C=O) groups excluding carboxylic acids is 4. The van der Waals surface area contributed by atoms with Crippen LogP contribution in [0.25, 0.3) is 10.8 Å². The molecule has 42 heavy (non-hydrogen) atoms. The molecular formula is C32H35N3O7. The number of rotatable bonds is 12. The molecule has 3 aromatic rings. The molecule has 0 unspecified atom stereocenters. The molecule has 1 heterocycles. The summed E-state index contributed by atoms with van der Waals surface area (Å²) in [6, 6.07) is 18.4. The van der Waals surface area contributed by atoms with Crippen molar-refractivity contribution in [1.82, 2.24) is 15.5 Å². The number of carboxylic acid groups (broad SMARTS) is 1. The molecule has 4 rings (SSSR count). The zero-order chi connectivity index (χ0) is 30.2. The molecule has 0 radical (unpaired) electrons. The number of carbonyl (C=O) groups is 5. The lowest BCUT2D eigenvalue weighted by Gasteiger charge is -2.31. The van der Waals surface area contributed by atoms with E-state index in [-0.39, 0.29) is 5.92 Å². The SMILES string of the molecule is CC(C)[C@H](NC(=O)c1ccc2ccccc2c1)C(=O)N1CCC[C@H]1C(=O)N[C@@H](CC(=O)O)C(=O)COc1ccccc1. The molecule has 10 nitrogen and oxygen atoms in total. The van der Waals surface area contributed by atoms with Gasteiger partial charge in [0.05, 0.1) is 6.42 Å². The minimum absolute atomic E-state index is 0.275. The van der Waals surface area contributed by atoms with Crippen LogP contribution < -0.4 is 15.4 Å². The second-order valence-corrected chi connectivity index (χ2v) is 10.7. The van der Waals surface area contributed by atoms with E-state index in [2.05, 4.69) is 10.6 Å². The zero-order valence-electron chi connectivity index (χ0n) is 23.6. The van der Waals surface area contributed by atoms with Crippen molar-refractivity contribution in [2.75, 3.05) is 13.2 Å². The van der Waals surface area contributed by atoms with E-state index in [1.807, 2.05) is 44.2 Å². The highest BCUT2D eigenvalue weighted by Crippen LogP contribution is 2.22. The second-order valence-electron chi connectivity index (χ2n) is 10.7. The van der Waals surface area contributed by atoms with Gasteiger partial charge in [0.25, 0.3) is 5.91 Å². The standard InChI is InChI=1S/C32H35N3O7/c1-20(2)29(34-30(39)23-15-14-21-9-6-7-10-22(21)17-23)32(41)35-16-8-13-26(35)31(40)33-25(18-28(37)38)27(36)19-42-24-11-4-3-5-12-24/h3-7,9-12,14-15,17,20,25-26,29H,8,13,16,18-19H2,1-2H3,(H,33,40)(H,34,39)(H,37,38)/t25-,26-,29-/m0/s1. The lowest BCUT2D eigenvalue weighted by molar-refractivity contribution is -0.143. The third-order valence-corrected chi connectivity index (χ3v) is 7.28. The molecule has 3 atom stereocenters. The van der Waals surface area contributed by atoms with Crippen LogP contribution in [-0.2, 0) is 19.2 Å². The molecule has 0 bridgehead atoms. The smallest absolute Gasteiger partial charge is 0.305 e. The third kappa shape index (κ3) is 7.51. The molecule has 0 aromatic heterocycles. The number of Topliss-reactive ketones (excluding diaryl/α,β-unsaturated/α-hetero) is 1. The highest BCUT2D eigenvalue weighted by atomic mass is 16.5. The van der Waals surface area contributed by atoms with Crippen LogP contribution >= 0.6 is 0 Å². The van der Waals surface area contributed by atoms with Gasteiger partial charge in [-0.1, -0.05) is 62.4 Å². The Labute approximate surface area is 244 Å². The third-order valence-electron chi connectivity index (χ3n) is 7.28. The predicted octanol–water partition coefficient (Wildman–Crippen LogP) is 3.19. The topological polar surface area (TPSA) is 142 Å². The fourth-order valence-corrected chi connectivity index (χ4v) is 5.01. The maximum absolute atomic E-state index is 13.7. The Morgan fingerprint density at radius 2 is 1.62 bits per heavy atom. The number of ether oxygens (including phenoxy) is 1. The van der Waals surface area contributed by atoms with Crippen molar-refractivity contribution in [2.45, 2.75) is 51.2 Å². The molecule has 1 saturated heterocycles. The average molecular weight is 574 g/mol. The number of benzene rings is 3. The molecule has 1 fully saturated rings. The first kappa shape index (κ1) is 30.2. The fourth-order valence-electron chi connectivity index (χ4n) is 5.01. The number of ketones is 1. The number of fused-ring (bicyclic) bond motifs is 1. The first-order valence-corrected chi connectivity index (χ1v) is 14.0. The van der Waals surface area contributed by atoms with Gasteiger partial charge in [0.2, 0.25) is 11.8 Å². The Morgan fingerprint density at radius 3 is 2.31 bits per heavy atom. The number of likely N-dealkylation sites (tertiary alicyclic amines) is 1. The van der Waals surface area contributed by atoms with Crippen LogP contribution in [0.1, 0.15) is 43.5 Å². The first-order chi connectivity index (χ1) is 20.1. The number of nitrogens with zero attached hydrogens (tertiary/aromatic N) is 1. The number of carboxylic acids is 1. The van der Waals surface area contributed by atoms with Gasteiger partial charge in [0, 0.05) is 12.1 Å². The summed E-state index contributed by atoms with van der Waals surface area (Å²) in [7, 11) is 0. The quantitative estimate of drug-likeness (QED) is 0.302. The normalized spacial score (nSPS) is 16.1.